The van der Waals surface area contributed by atoms with Gasteiger partial charge in [0.05, 0.1) is 11.3 Å². The minimum Gasteiger partial charge on any atom is -0.463 e. The first-order chi connectivity index (χ1) is 19.2. The van der Waals surface area contributed by atoms with Gasteiger partial charge in [-0.1, -0.05) is 53.9 Å². The van der Waals surface area contributed by atoms with Gasteiger partial charge in [0.15, 0.2) is 0 Å². The Morgan fingerprint density at radius 2 is 1.78 bits per heavy atom. The summed E-state index contributed by atoms with van der Waals surface area (Å²) in [5.74, 6) is -0.149. The monoisotopic (exact) mass is 594 g/mol. The van der Waals surface area contributed by atoms with E-state index in [4.69, 9.17) is 9.47 Å². The van der Waals surface area contributed by atoms with Crippen molar-refractivity contribution >= 4 is 32.8 Å². The van der Waals surface area contributed by atoms with E-state index in [-0.39, 0.29) is 53.6 Å². The molecule has 2 N–H and O–H groups in total. The van der Waals surface area contributed by atoms with E-state index in [9.17, 15) is 19.2 Å². The highest BCUT2D eigenvalue weighted by Crippen LogP contribution is 2.41. The first kappa shape index (κ1) is 34.9. The van der Waals surface area contributed by atoms with Crippen molar-refractivity contribution in [1.29, 1.82) is 0 Å². The highest BCUT2D eigenvalue weighted by Gasteiger charge is 2.43. The fourth-order valence-electron chi connectivity index (χ4n) is 5.39. The molecule has 1 aromatic rings. The van der Waals surface area contributed by atoms with Crippen molar-refractivity contribution in [1.82, 2.24) is 14.9 Å². The smallest absolute Gasteiger partial charge is 0.351 e. The van der Waals surface area contributed by atoms with Crippen molar-refractivity contribution in [2.45, 2.75) is 117 Å². The third kappa shape index (κ3) is 10.5. The zero-order chi connectivity index (χ0) is 30.8. The Kier molecular flexibility index (Phi) is 13.4. The van der Waals surface area contributed by atoms with Gasteiger partial charge in [-0.05, 0) is 50.0 Å². The predicted octanol–water partition coefficient (Wildman–Crippen LogP) is 4.83. The van der Waals surface area contributed by atoms with Crippen LogP contribution in [0, 0.1) is 17.3 Å². The second-order valence-corrected chi connectivity index (χ2v) is 13.6. The van der Waals surface area contributed by atoms with Crippen LogP contribution >= 0.6 is 9.24 Å². The van der Waals surface area contributed by atoms with Gasteiger partial charge in [-0.2, -0.15) is 4.98 Å². The summed E-state index contributed by atoms with van der Waals surface area (Å²) in [6.07, 6.45) is 7.21. The van der Waals surface area contributed by atoms with Gasteiger partial charge >= 0.3 is 11.7 Å². The maximum absolute atomic E-state index is 13.0. The van der Waals surface area contributed by atoms with Crippen LogP contribution in [0.4, 0.5) is 5.82 Å². The maximum atomic E-state index is 13.0. The Hall–Kier alpha value is -2.32. The maximum Gasteiger partial charge on any atom is 0.351 e. The Bertz CT molecular complexity index is 1090. The Labute approximate surface area is 247 Å². The van der Waals surface area contributed by atoms with E-state index in [0.717, 1.165) is 32.1 Å². The van der Waals surface area contributed by atoms with E-state index in [2.05, 4.69) is 45.6 Å². The van der Waals surface area contributed by atoms with Crippen LogP contribution in [0.1, 0.15) is 106 Å². The molecular formula is C30H51N4O6P. The Morgan fingerprint density at radius 1 is 1.12 bits per heavy atom. The second-order valence-electron chi connectivity index (χ2n) is 12.3. The van der Waals surface area contributed by atoms with E-state index in [1.54, 1.807) is 19.3 Å². The first-order valence-corrected chi connectivity index (χ1v) is 15.5. The molecular weight excluding hydrogens is 543 g/mol. The number of rotatable bonds is 16. The average Bonchev–Trinajstić information content (AvgIpc) is 3.23. The van der Waals surface area contributed by atoms with Crippen LogP contribution in [0.2, 0.25) is 0 Å². The molecule has 232 valence electrons. The topological polar surface area (TPSA) is 129 Å². The van der Waals surface area contributed by atoms with Crippen LogP contribution in [0.25, 0.3) is 0 Å². The number of esters is 1. The van der Waals surface area contributed by atoms with E-state index in [1.165, 1.54) is 4.57 Å². The largest absolute Gasteiger partial charge is 0.463 e. The molecule has 1 aromatic heterocycles. The fraction of sp³-hybridized carbons (Fsp3) is 0.767. The summed E-state index contributed by atoms with van der Waals surface area (Å²) in [4.78, 5) is 53.7. The lowest BCUT2D eigenvalue weighted by Crippen LogP contribution is -2.39. The van der Waals surface area contributed by atoms with E-state index in [0.29, 0.717) is 25.7 Å². The summed E-state index contributed by atoms with van der Waals surface area (Å²) in [6, 6.07) is 1.62. The molecule has 0 radical (unpaired) electrons. The fourth-order valence-corrected chi connectivity index (χ4v) is 6.02. The van der Waals surface area contributed by atoms with Gasteiger partial charge < -0.3 is 20.1 Å². The summed E-state index contributed by atoms with van der Waals surface area (Å²) >= 11 is 0. The molecule has 1 fully saturated rings. The number of aromatic nitrogens is 2. The lowest BCUT2D eigenvalue weighted by atomic mass is 9.80. The minimum atomic E-state index is -0.704. The summed E-state index contributed by atoms with van der Waals surface area (Å²) in [6.45, 7) is 12.4. The quantitative estimate of drug-likeness (QED) is 0.159. The number of amides is 2. The van der Waals surface area contributed by atoms with Crippen molar-refractivity contribution in [2.24, 2.45) is 17.3 Å². The Balaban J connectivity index is 1.94. The molecule has 0 bridgehead atoms. The molecule has 2 heterocycles. The lowest BCUT2D eigenvalue weighted by molar-refractivity contribution is -0.149. The van der Waals surface area contributed by atoms with E-state index >= 15 is 0 Å². The number of nitrogens with one attached hydrogen (secondary N) is 2. The summed E-state index contributed by atoms with van der Waals surface area (Å²) in [5, 5.41) is 4.70. The summed E-state index contributed by atoms with van der Waals surface area (Å²) in [7, 11) is 4.27. The highest BCUT2D eigenvalue weighted by molar-refractivity contribution is 7.21. The average molecular weight is 595 g/mol. The molecule has 10 nitrogen and oxygen atoms in total. The number of ether oxygens (including phenoxy) is 2. The molecule has 1 saturated heterocycles. The third-order valence-corrected chi connectivity index (χ3v) is 8.77. The SMILES string of the molecule is CCC1C(C)C(COC(=O)CCCCCCC(=O)NC)OC1n1ccc(NC(=O)C(C)(P)CC(C)(C)CC)nc1=O. The van der Waals surface area contributed by atoms with E-state index in [1.807, 2.05) is 20.8 Å². The van der Waals surface area contributed by atoms with Gasteiger partial charge in [-0.25, -0.2) is 4.79 Å². The van der Waals surface area contributed by atoms with Gasteiger partial charge in [-0.3, -0.25) is 19.0 Å². The number of hydrogen-bond donors (Lipinski definition) is 2. The van der Waals surface area contributed by atoms with Crippen molar-refractivity contribution in [3.8, 4) is 0 Å². The van der Waals surface area contributed by atoms with Gasteiger partial charge in [-0.15, -0.1) is 9.24 Å². The van der Waals surface area contributed by atoms with Crippen molar-refractivity contribution < 1.29 is 23.9 Å². The normalized spacial score (nSPS) is 22.1. The number of nitrogens with zero attached hydrogens (tertiary/aromatic N) is 2. The number of carbonyl (C=O) groups excluding carboxylic acids is 3. The van der Waals surface area contributed by atoms with Crippen LogP contribution in [-0.2, 0) is 23.9 Å². The van der Waals surface area contributed by atoms with Gasteiger partial charge in [0.2, 0.25) is 11.8 Å². The molecule has 0 aliphatic carbocycles. The third-order valence-electron chi connectivity index (χ3n) is 8.30. The van der Waals surface area contributed by atoms with E-state index < -0.39 is 17.1 Å². The molecule has 41 heavy (non-hydrogen) atoms. The number of carbonyl (C=O) groups is 3. The number of hydrogen-bond acceptors (Lipinski definition) is 7. The van der Waals surface area contributed by atoms with Crippen molar-refractivity contribution in [2.75, 3.05) is 19.0 Å². The predicted molar refractivity (Wildman–Crippen MR) is 164 cm³/mol. The molecule has 2 rings (SSSR count). The Morgan fingerprint density at radius 3 is 2.37 bits per heavy atom. The van der Waals surface area contributed by atoms with Crippen LogP contribution in [0.15, 0.2) is 17.1 Å². The van der Waals surface area contributed by atoms with Crippen molar-refractivity contribution in [3.63, 3.8) is 0 Å². The summed E-state index contributed by atoms with van der Waals surface area (Å²) < 4.78 is 13.2. The molecule has 1 aliphatic rings. The molecule has 6 unspecified atom stereocenters. The molecule has 0 aromatic carbocycles. The van der Waals surface area contributed by atoms with Crippen LogP contribution in [0.5, 0.6) is 0 Å². The zero-order valence-electron chi connectivity index (χ0n) is 26.0. The van der Waals surface area contributed by atoms with Gasteiger partial charge in [0, 0.05) is 32.0 Å². The zero-order valence-corrected chi connectivity index (χ0v) is 27.1. The van der Waals surface area contributed by atoms with Gasteiger partial charge in [0.1, 0.15) is 18.7 Å². The van der Waals surface area contributed by atoms with Crippen LogP contribution in [0.3, 0.4) is 0 Å². The lowest BCUT2D eigenvalue weighted by Gasteiger charge is -2.33. The summed E-state index contributed by atoms with van der Waals surface area (Å²) in [5.41, 5.74) is -0.512. The minimum absolute atomic E-state index is 0.00408. The molecule has 0 spiro atoms. The first-order valence-electron chi connectivity index (χ1n) is 15.0. The number of anilines is 1. The standard InChI is InChI=1S/C30H51N4O6P/c1-8-21-20(3)22(18-39-25(36)15-13-11-10-12-14-24(35)31-7)40-26(21)34-17-16-23(33-28(34)38)32-27(37)30(6,41)19-29(4,5)9-2/h16-17,20-22,26H,8-15,18-19,41H2,1-7H3,(H,31,35)(H,32,33,37,38). The molecule has 0 saturated carbocycles. The molecule has 11 heteroatoms. The molecule has 1 aliphatic heterocycles. The highest BCUT2D eigenvalue weighted by atomic mass is 31.0. The second kappa shape index (κ2) is 15.8. The molecule has 2 amide bonds. The molecule has 6 atom stereocenters. The van der Waals surface area contributed by atoms with Gasteiger partial charge in [0.25, 0.3) is 0 Å². The van der Waals surface area contributed by atoms with Crippen molar-refractivity contribution in [3.05, 3.63) is 22.7 Å². The van der Waals surface area contributed by atoms with Crippen LogP contribution in [-0.4, -0.2) is 52.2 Å². The van der Waals surface area contributed by atoms with Crippen LogP contribution < -0.4 is 16.3 Å². The number of unbranched alkanes of at least 4 members (excludes halogenated alkanes) is 3.